The van der Waals surface area contributed by atoms with Gasteiger partial charge in [-0.05, 0) is 47.7 Å². The number of aliphatic carboxylic acids is 1. The molecule has 1 saturated heterocycles. The Kier molecular flexibility index (Phi) is 8.58. The average Bonchev–Trinajstić information content (AvgIpc) is 2.88. The van der Waals surface area contributed by atoms with Gasteiger partial charge in [0.1, 0.15) is 13.2 Å². The molecule has 1 heterocycles. The molecule has 3 aromatic rings. The monoisotopic (exact) mass is 520 g/mol. The van der Waals surface area contributed by atoms with Gasteiger partial charge in [-0.3, -0.25) is 14.4 Å². The lowest BCUT2D eigenvalue weighted by atomic mass is 9.95. The summed E-state index contributed by atoms with van der Waals surface area (Å²) in [6, 6.07) is 23.5. The van der Waals surface area contributed by atoms with Crippen molar-refractivity contribution in [3.8, 4) is 0 Å². The van der Waals surface area contributed by atoms with Crippen LogP contribution in [0.2, 0.25) is 5.02 Å². The highest BCUT2D eigenvalue weighted by atomic mass is 35.5. The quantitative estimate of drug-likeness (QED) is 0.455. The van der Waals surface area contributed by atoms with E-state index in [1.807, 2.05) is 73.7 Å². The summed E-state index contributed by atoms with van der Waals surface area (Å²) in [7, 11) is 0. The first-order valence-corrected chi connectivity index (χ1v) is 12.5. The van der Waals surface area contributed by atoms with Gasteiger partial charge in [0.25, 0.3) is 5.91 Å². The third-order valence-electron chi connectivity index (χ3n) is 6.51. The maximum atomic E-state index is 13.9. The van der Waals surface area contributed by atoms with Gasteiger partial charge < -0.3 is 19.6 Å². The first-order chi connectivity index (χ1) is 17.8. The van der Waals surface area contributed by atoms with E-state index in [0.717, 1.165) is 22.3 Å². The van der Waals surface area contributed by atoms with Crippen LogP contribution in [-0.2, 0) is 32.1 Å². The maximum Gasteiger partial charge on any atom is 0.323 e. The minimum Gasteiger partial charge on any atom is -0.480 e. The first-order valence-electron chi connectivity index (χ1n) is 12.1. The van der Waals surface area contributed by atoms with Crippen LogP contribution in [0.25, 0.3) is 0 Å². The highest BCUT2D eigenvalue weighted by molar-refractivity contribution is 6.30. The van der Waals surface area contributed by atoms with Crippen LogP contribution in [0.15, 0.2) is 78.9 Å². The van der Waals surface area contributed by atoms with Crippen LogP contribution >= 0.6 is 11.6 Å². The summed E-state index contributed by atoms with van der Waals surface area (Å²) >= 11 is 6.17. The van der Waals surface area contributed by atoms with Gasteiger partial charge in [-0.2, -0.15) is 0 Å². The molecule has 0 saturated carbocycles. The molecular weight excluding hydrogens is 492 g/mol. The predicted molar refractivity (Wildman–Crippen MR) is 140 cm³/mol. The Hall–Kier alpha value is -3.68. The molecule has 1 fully saturated rings. The van der Waals surface area contributed by atoms with Gasteiger partial charge in [0, 0.05) is 18.1 Å². The van der Waals surface area contributed by atoms with Crippen LogP contribution in [0.1, 0.15) is 28.3 Å². The van der Waals surface area contributed by atoms with Crippen molar-refractivity contribution < 1.29 is 24.2 Å². The SMILES string of the molecule is Cc1ccccc1CCN(CC(=O)O)C(=O)[C@H]1OCC(=O)N(Cc2cccc(Cl)c2)[C@@H]1c1ccccc1. The van der Waals surface area contributed by atoms with Crippen LogP contribution in [0, 0.1) is 6.92 Å². The van der Waals surface area contributed by atoms with E-state index in [2.05, 4.69) is 0 Å². The molecule has 0 aromatic heterocycles. The Morgan fingerprint density at radius 3 is 2.49 bits per heavy atom. The lowest BCUT2D eigenvalue weighted by molar-refractivity contribution is -0.171. The van der Waals surface area contributed by atoms with E-state index >= 15 is 0 Å². The van der Waals surface area contributed by atoms with Gasteiger partial charge in [0.15, 0.2) is 6.10 Å². The Bertz CT molecular complexity index is 1270. The number of carbonyl (C=O) groups is 3. The molecule has 1 N–H and O–H groups in total. The predicted octanol–water partition coefficient (Wildman–Crippen LogP) is 4.27. The number of halogens is 1. The minimum absolute atomic E-state index is 0.208. The van der Waals surface area contributed by atoms with Crippen molar-refractivity contribution >= 4 is 29.4 Å². The lowest BCUT2D eigenvalue weighted by Crippen LogP contribution is -2.55. The number of hydrogen-bond donors (Lipinski definition) is 1. The molecule has 3 aromatic carbocycles. The topological polar surface area (TPSA) is 87.1 Å². The number of hydrogen-bond acceptors (Lipinski definition) is 4. The van der Waals surface area contributed by atoms with E-state index in [0.29, 0.717) is 11.4 Å². The van der Waals surface area contributed by atoms with Crippen molar-refractivity contribution in [1.82, 2.24) is 9.80 Å². The van der Waals surface area contributed by atoms with Crippen molar-refractivity contribution in [2.24, 2.45) is 0 Å². The third-order valence-corrected chi connectivity index (χ3v) is 6.74. The first kappa shape index (κ1) is 26.4. The number of aryl methyl sites for hydroxylation is 1. The van der Waals surface area contributed by atoms with Crippen LogP contribution < -0.4 is 0 Å². The molecule has 7 nitrogen and oxygen atoms in total. The molecule has 192 valence electrons. The van der Waals surface area contributed by atoms with Gasteiger partial charge in [0.2, 0.25) is 5.91 Å². The minimum atomic E-state index is -1.11. The lowest BCUT2D eigenvalue weighted by Gasteiger charge is -2.42. The number of carboxylic acid groups (broad SMARTS) is 1. The molecule has 2 atom stereocenters. The Morgan fingerprint density at radius 1 is 1.05 bits per heavy atom. The number of benzene rings is 3. The Labute approximate surface area is 221 Å². The molecule has 8 heteroatoms. The molecule has 0 bridgehead atoms. The van der Waals surface area contributed by atoms with E-state index in [-0.39, 0.29) is 25.6 Å². The zero-order chi connectivity index (χ0) is 26.4. The van der Waals surface area contributed by atoms with Crippen LogP contribution in [0.4, 0.5) is 0 Å². The second kappa shape index (κ2) is 12.0. The summed E-state index contributed by atoms with van der Waals surface area (Å²) < 4.78 is 5.85. The number of rotatable bonds is 9. The number of carboxylic acids is 1. The summed E-state index contributed by atoms with van der Waals surface area (Å²) in [6.45, 7) is 1.68. The fourth-order valence-corrected chi connectivity index (χ4v) is 4.85. The molecule has 2 amide bonds. The third kappa shape index (κ3) is 6.56. The second-order valence-corrected chi connectivity index (χ2v) is 9.51. The summed E-state index contributed by atoms with van der Waals surface area (Å²) in [5, 5.41) is 10.1. The summed E-state index contributed by atoms with van der Waals surface area (Å²) in [6.07, 6.45) is -0.560. The highest BCUT2D eigenvalue weighted by Gasteiger charge is 2.43. The highest BCUT2D eigenvalue weighted by Crippen LogP contribution is 2.33. The van der Waals surface area contributed by atoms with Gasteiger partial charge in [0.05, 0.1) is 6.04 Å². The van der Waals surface area contributed by atoms with Crippen molar-refractivity contribution in [3.05, 3.63) is 106 Å². The largest absolute Gasteiger partial charge is 0.480 e. The number of amides is 2. The smallest absolute Gasteiger partial charge is 0.323 e. The average molecular weight is 521 g/mol. The van der Waals surface area contributed by atoms with E-state index in [9.17, 15) is 19.5 Å². The van der Waals surface area contributed by atoms with Crippen LogP contribution in [-0.4, -0.2) is 58.5 Å². The zero-order valence-electron chi connectivity index (χ0n) is 20.5. The number of ether oxygens (including phenoxy) is 1. The maximum absolute atomic E-state index is 13.9. The van der Waals surface area contributed by atoms with E-state index in [4.69, 9.17) is 16.3 Å². The van der Waals surface area contributed by atoms with Crippen molar-refractivity contribution in [2.45, 2.75) is 32.0 Å². The van der Waals surface area contributed by atoms with E-state index < -0.39 is 30.6 Å². The molecule has 4 rings (SSSR count). The Balaban J connectivity index is 1.65. The van der Waals surface area contributed by atoms with Gasteiger partial charge >= 0.3 is 5.97 Å². The van der Waals surface area contributed by atoms with Crippen molar-refractivity contribution in [3.63, 3.8) is 0 Å². The fraction of sp³-hybridized carbons (Fsp3) is 0.276. The normalized spacial score (nSPS) is 17.5. The molecule has 0 radical (unpaired) electrons. The summed E-state index contributed by atoms with van der Waals surface area (Å²) in [5.74, 6) is -1.84. The molecular formula is C29H29ClN2O5. The van der Waals surface area contributed by atoms with Gasteiger partial charge in [-0.25, -0.2) is 0 Å². The van der Waals surface area contributed by atoms with E-state index in [1.54, 1.807) is 17.0 Å². The molecule has 1 aliphatic heterocycles. The standard InChI is InChI=1S/C29H29ClN2O5/c1-20-8-5-6-10-22(20)14-15-31(18-26(34)35)29(36)28-27(23-11-3-2-4-12-23)32(25(33)19-37-28)17-21-9-7-13-24(30)16-21/h2-13,16,27-28H,14-15,17-19H2,1H3,(H,34,35)/t27-,28+/m1/s1. The number of carbonyl (C=O) groups excluding carboxylic acids is 2. The van der Waals surface area contributed by atoms with Gasteiger partial charge in [-0.1, -0.05) is 78.3 Å². The molecule has 1 aliphatic rings. The zero-order valence-corrected chi connectivity index (χ0v) is 21.3. The number of morpholine rings is 1. The van der Waals surface area contributed by atoms with Crippen LogP contribution in [0.5, 0.6) is 0 Å². The second-order valence-electron chi connectivity index (χ2n) is 9.07. The molecule has 0 unspecified atom stereocenters. The molecule has 0 aliphatic carbocycles. The summed E-state index contributed by atoms with van der Waals surface area (Å²) in [5.41, 5.74) is 3.65. The Morgan fingerprint density at radius 2 is 1.78 bits per heavy atom. The summed E-state index contributed by atoms with van der Waals surface area (Å²) in [4.78, 5) is 41.6. The van der Waals surface area contributed by atoms with Crippen molar-refractivity contribution in [1.29, 1.82) is 0 Å². The fourth-order valence-electron chi connectivity index (χ4n) is 4.64. The van der Waals surface area contributed by atoms with Crippen LogP contribution in [0.3, 0.4) is 0 Å². The molecule has 0 spiro atoms. The van der Waals surface area contributed by atoms with E-state index in [1.165, 1.54) is 4.90 Å². The van der Waals surface area contributed by atoms with Crippen molar-refractivity contribution in [2.75, 3.05) is 19.7 Å². The van der Waals surface area contributed by atoms with Gasteiger partial charge in [-0.15, -0.1) is 0 Å². The number of nitrogens with zero attached hydrogens (tertiary/aromatic N) is 2. The molecule has 37 heavy (non-hydrogen) atoms.